The van der Waals surface area contributed by atoms with E-state index in [1.165, 1.54) is 12.3 Å². The number of rotatable bonds is 6. The number of esters is 1. The third kappa shape index (κ3) is 4.50. The molecule has 0 amide bonds. The zero-order valence-electron chi connectivity index (χ0n) is 12.8. The van der Waals surface area contributed by atoms with Crippen molar-refractivity contribution in [1.82, 2.24) is 9.55 Å². The molecule has 1 atom stereocenters. The van der Waals surface area contributed by atoms with Crippen LogP contribution in [0.1, 0.15) is 18.3 Å². The first-order chi connectivity index (χ1) is 11.0. The van der Waals surface area contributed by atoms with E-state index in [-0.39, 0.29) is 5.82 Å². The average Bonchev–Trinajstić information content (AvgIpc) is 2.86. The number of ether oxygens (including phenoxy) is 1. The summed E-state index contributed by atoms with van der Waals surface area (Å²) in [5.41, 5.74) is 0.733. The van der Waals surface area contributed by atoms with Gasteiger partial charge in [-0.05, 0) is 36.7 Å². The van der Waals surface area contributed by atoms with Gasteiger partial charge >= 0.3 is 5.97 Å². The zero-order chi connectivity index (χ0) is 16.8. The van der Waals surface area contributed by atoms with Crippen LogP contribution in [0.15, 0.2) is 41.7 Å². The van der Waals surface area contributed by atoms with Crippen LogP contribution < -0.4 is 0 Å². The van der Waals surface area contributed by atoms with Gasteiger partial charge in [-0.15, -0.1) is 4.91 Å². The zero-order valence-corrected chi connectivity index (χ0v) is 13.5. The monoisotopic (exact) mass is 333 g/mol. The fourth-order valence-corrected chi connectivity index (χ4v) is 2.25. The van der Waals surface area contributed by atoms with Crippen LogP contribution in [-0.2, 0) is 16.1 Å². The summed E-state index contributed by atoms with van der Waals surface area (Å²) in [6.45, 7) is 3.79. The van der Waals surface area contributed by atoms with Gasteiger partial charge in [0, 0.05) is 11.1 Å². The van der Waals surface area contributed by atoms with Crippen LogP contribution in [0.25, 0.3) is 6.08 Å². The molecule has 1 aromatic heterocycles. The van der Waals surface area contributed by atoms with Crippen LogP contribution >= 0.6 is 11.6 Å². The quantitative estimate of drug-likeness (QED) is 0.456. The van der Waals surface area contributed by atoms with Crippen molar-refractivity contribution in [1.29, 1.82) is 0 Å². The number of nitroso groups, excluding NO2 is 1. The molecule has 0 aliphatic heterocycles. The van der Waals surface area contributed by atoms with E-state index in [0.29, 0.717) is 17.4 Å². The Hall–Kier alpha value is -2.47. The predicted octanol–water partition coefficient (Wildman–Crippen LogP) is 3.89. The molecule has 0 saturated carbocycles. The molecule has 0 bridgehead atoms. The number of hydrogen-bond acceptors (Lipinski definition) is 5. The highest BCUT2D eigenvalue weighted by molar-refractivity contribution is 6.32. The van der Waals surface area contributed by atoms with Crippen LogP contribution in [-0.4, -0.2) is 21.6 Å². The summed E-state index contributed by atoms with van der Waals surface area (Å²) >= 11 is 6.01. The third-order valence-electron chi connectivity index (χ3n) is 3.19. The number of carbonyl (C=O) groups is 1. The summed E-state index contributed by atoms with van der Waals surface area (Å²) in [5, 5.41) is 3.45. The van der Waals surface area contributed by atoms with Crippen molar-refractivity contribution in [2.45, 2.75) is 26.5 Å². The van der Waals surface area contributed by atoms with Crippen molar-refractivity contribution >= 4 is 29.5 Å². The van der Waals surface area contributed by atoms with Gasteiger partial charge in [-0.3, -0.25) is 0 Å². The molecule has 1 heterocycles. The third-order valence-corrected chi connectivity index (χ3v) is 3.53. The van der Waals surface area contributed by atoms with E-state index in [1.54, 1.807) is 36.6 Å². The molecule has 23 heavy (non-hydrogen) atoms. The normalized spacial score (nSPS) is 12.3. The fourth-order valence-electron chi connectivity index (χ4n) is 2.05. The summed E-state index contributed by atoms with van der Waals surface area (Å²) in [7, 11) is 0. The van der Waals surface area contributed by atoms with Crippen LogP contribution in [0, 0.1) is 11.8 Å². The maximum Gasteiger partial charge on any atom is 0.331 e. The van der Waals surface area contributed by atoms with Crippen molar-refractivity contribution < 1.29 is 9.53 Å². The Morgan fingerprint density at radius 1 is 1.48 bits per heavy atom. The lowest BCUT2D eigenvalue weighted by atomic mass is 10.2. The Morgan fingerprint density at radius 3 is 2.91 bits per heavy atom. The molecule has 1 unspecified atom stereocenters. The van der Waals surface area contributed by atoms with Crippen molar-refractivity contribution in [3.8, 4) is 0 Å². The second kappa shape index (κ2) is 7.69. The summed E-state index contributed by atoms with van der Waals surface area (Å²) in [6, 6.07) is 7.18. The van der Waals surface area contributed by atoms with Crippen LogP contribution in [0.5, 0.6) is 0 Å². The molecular weight excluding hydrogens is 318 g/mol. The second-order valence-electron chi connectivity index (χ2n) is 4.97. The largest absolute Gasteiger partial charge is 0.458 e. The summed E-state index contributed by atoms with van der Waals surface area (Å²) in [6.07, 6.45) is 3.86. The number of carbonyl (C=O) groups excluding carboxylic acids is 1. The smallest absolute Gasteiger partial charge is 0.331 e. The highest BCUT2D eigenvalue weighted by atomic mass is 35.5. The molecule has 2 aromatic rings. The Morgan fingerprint density at radius 2 is 2.22 bits per heavy atom. The Kier molecular flexibility index (Phi) is 5.65. The number of nitrogens with zero attached hydrogens (tertiary/aromatic N) is 3. The van der Waals surface area contributed by atoms with Gasteiger partial charge in [0.15, 0.2) is 5.82 Å². The number of aromatic nitrogens is 2. The molecular formula is C16H16ClN3O3. The van der Waals surface area contributed by atoms with E-state index in [4.69, 9.17) is 16.3 Å². The number of imidazole rings is 1. The molecule has 7 heteroatoms. The van der Waals surface area contributed by atoms with Gasteiger partial charge in [-0.25, -0.2) is 9.78 Å². The van der Waals surface area contributed by atoms with Gasteiger partial charge in [0.05, 0.1) is 12.7 Å². The second-order valence-corrected chi connectivity index (χ2v) is 5.38. The number of aryl methyl sites for hydroxylation is 1. The number of halogens is 1. The number of benzene rings is 1. The molecule has 6 nitrogen and oxygen atoms in total. The maximum atomic E-state index is 11.8. The minimum Gasteiger partial charge on any atom is -0.458 e. The molecule has 1 aromatic carbocycles. The number of hydrogen-bond donors (Lipinski definition) is 0. The van der Waals surface area contributed by atoms with Gasteiger partial charge in [-0.2, -0.15) is 0 Å². The average molecular weight is 334 g/mol. The van der Waals surface area contributed by atoms with Crippen LogP contribution in [0.4, 0.5) is 5.82 Å². The van der Waals surface area contributed by atoms with E-state index in [0.717, 1.165) is 5.56 Å². The summed E-state index contributed by atoms with van der Waals surface area (Å²) < 4.78 is 6.88. The molecule has 0 saturated heterocycles. The lowest BCUT2D eigenvalue weighted by Gasteiger charge is -2.14. The molecule has 0 aliphatic rings. The van der Waals surface area contributed by atoms with E-state index >= 15 is 0 Å². The van der Waals surface area contributed by atoms with Gasteiger partial charge in [0.25, 0.3) is 0 Å². The summed E-state index contributed by atoms with van der Waals surface area (Å²) in [5.74, 6) is 0.349. The highest BCUT2D eigenvalue weighted by Gasteiger charge is 2.13. The molecule has 0 fully saturated rings. The van der Waals surface area contributed by atoms with E-state index in [9.17, 15) is 9.70 Å². The molecule has 0 aliphatic carbocycles. The van der Waals surface area contributed by atoms with Gasteiger partial charge in [-0.1, -0.05) is 29.8 Å². The van der Waals surface area contributed by atoms with Crippen LogP contribution in [0.2, 0.25) is 5.02 Å². The molecule has 0 N–H and O–H groups in total. The Bertz CT molecular complexity index is 740. The van der Waals surface area contributed by atoms with Gasteiger partial charge in [0.2, 0.25) is 0 Å². The minimum atomic E-state index is -0.490. The van der Waals surface area contributed by atoms with E-state index in [1.807, 2.05) is 12.1 Å². The molecule has 0 spiro atoms. The first-order valence-electron chi connectivity index (χ1n) is 7.00. The van der Waals surface area contributed by atoms with E-state index < -0.39 is 12.1 Å². The summed E-state index contributed by atoms with van der Waals surface area (Å²) in [4.78, 5) is 26.5. The first-order valence-corrected chi connectivity index (χ1v) is 7.37. The first kappa shape index (κ1) is 16.9. The standard InChI is InChI=1S/C16H16ClN3O3/c1-11(10-20-12(2)18-9-15(20)19-22)23-16(21)8-7-13-5-3-4-6-14(13)17/h3-9,11H,10H2,1-2H3/b8-7+. The molecule has 120 valence electrons. The Balaban J connectivity index is 1.96. The molecule has 2 rings (SSSR count). The van der Waals surface area contributed by atoms with E-state index in [2.05, 4.69) is 10.2 Å². The van der Waals surface area contributed by atoms with Crippen LogP contribution in [0.3, 0.4) is 0 Å². The van der Waals surface area contributed by atoms with Crippen molar-refractivity contribution in [3.05, 3.63) is 57.9 Å². The fraction of sp³-hybridized carbons (Fsp3) is 0.250. The van der Waals surface area contributed by atoms with Gasteiger partial charge < -0.3 is 9.30 Å². The lowest BCUT2D eigenvalue weighted by molar-refractivity contribution is -0.142. The van der Waals surface area contributed by atoms with Crippen molar-refractivity contribution in [3.63, 3.8) is 0 Å². The predicted molar refractivity (Wildman–Crippen MR) is 88.5 cm³/mol. The van der Waals surface area contributed by atoms with Crippen molar-refractivity contribution in [2.75, 3.05) is 0 Å². The lowest BCUT2D eigenvalue weighted by Crippen LogP contribution is -2.20. The van der Waals surface area contributed by atoms with Crippen molar-refractivity contribution in [2.24, 2.45) is 5.18 Å². The van der Waals surface area contributed by atoms with Gasteiger partial charge in [0.1, 0.15) is 11.9 Å². The minimum absolute atomic E-state index is 0.206. The topological polar surface area (TPSA) is 73.6 Å². The Labute approximate surface area is 138 Å². The highest BCUT2D eigenvalue weighted by Crippen LogP contribution is 2.17. The SMILES string of the molecule is Cc1ncc(N=O)n1CC(C)OC(=O)/C=C/c1ccccc1Cl. The maximum absolute atomic E-state index is 11.8. The molecule has 0 radical (unpaired) electrons.